The molecular weight excluding hydrogens is 276 g/mol. The van der Waals surface area contributed by atoms with E-state index in [9.17, 15) is 0 Å². The number of rotatable bonds is 4. The van der Waals surface area contributed by atoms with E-state index >= 15 is 0 Å². The molecule has 1 aromatic heterocycles. The monoisotopic (exact) mass is 294 g/mol. The van der Waals surface area contributed by atoms with Crippen molar-refractivity contribution in [2.24, 2.45) is 5.73 Å². The van der Waals surface area contributed by atoms with Crippen molar-refractivity contribution in [2.45, 2.75) is 18.9 Å². The number of nitrogens with zero attached hydrogens (tertiary/aromatic N) is 1. The van der Waals surface area contributed by atoms with Gasteiger partial charge in [-0.25, -0.2) is 4.98 Å². The van der Waals surface area contributed by atoms with Crippen LogP contribution in [0.4, 0.5) is 0 Å². The first-order valence-electron chi connectivity index (χ1n) is 7.07. The highest BCUT2D eigenvalue weighted by molar-refractivity contribution is 7.11. The van der Waals surface area contributed by atoms with Crippen molar-refractivity contribution in [3.63, 3.8) is 0 Å². The SMILES string of the molecule is CC(N)c1cnc(C(c2ccccc2)c2ccccc2)s1. The van der Waals surface area contributed by atoms with Crippen LogP contribution in [0.15, 0.2) is 66.9 Å². The molecule has 3 heteroatoms. The van der Waals surface area contributed by atoms with Gasteiger partial charge in [-0.1, -0.05) is 60.7 Å². The fourth-order valence-electron chi connectivity index (χ4n) is 2.41. The summed E-state index contributed by atoms with van der Waals surface area (Å²) in [5, 5.41) is 1.10. The first kappa shape index (κ1) is 14.0. The van der Waals surface area contributed by atoms with Gasteiger partial charge in [-0.2, -0.15) is 0 Å². The van der Waals surface area contributed by atoms with Crippen LogP contribution in [-0.2, 0) is 0 Å². The minimum atomic E-state index is 0.0310. The minimum absolute atomic E-state index is 0.0310. The van der Waals surface area contributed by atoms with E-state index in [2.05, 4.69) is 53.5 Å². The molecule has 0 saturated carbocycles. The standard InChI is InChI=1S/C18H18N2S/c1-13(19)16-12-20-18(21-16)17(14-8-4-2-5-9-14)15-10-6-3-7-11-15/h2-13,17H,19H2,1H3. The van der Waals surface area contributed by atoms with Gasteiger partial charge in [0, 0.05) is 17.1 Å². The zero-order chi connectivity index (χ0) is 14.7. The third kappa shape index (κ3) is 3.04. The van der Waals surface area contributed by atoms with Gasteiger partial charge in [0.05, 0.1) is 5.92 Å². The Hall–Kier alpha value is -1.97. The van der Waals surface area contributed by atoms with E-state index in [4.69, 9.17) is 5.73 Å². The largest absolute Gasteiger partial charge is 0.323 e. The molecule has 21 heavy (non-hydrogen) atoms. The molecule has 0 aliphatic carbocycles. The van der Waals surface area contributed by atoms with Crippen LogP contribution in [0.2, 0.25) is 0 Å². The van der Waals surface area contributed by atoms with Gasteiger partial charge in [0.15, 0.2) is 0 Å². The first-order valence-corrected chi connectivity index (χ1v) is 7.88. The highest BCUT2D eigenvalue weighted by Gasteiger charge is 2.20. The molecule has 1 atom stereocenters. The van der Waals surface area contributed by atoms with Crippen LogP contribution in [0.25, 0.3) is 0 Å². The Morgan fingerprint density at radius 3 is 1.86 bits per heavy atom. The quantitative estimate of drug-likeness (QED) is 0.777. The van der Waals surface area contributed by atoms with Crippen molar-refractivity contribution >= 4 is 11.3 Å². The number of thiazole rings is 1. The van der Waals surface area contributed by atoms with Gasteiger partial charge in [0.25, 0.3) is 0 Å². The fourth-order valence-corrected chi connectivity index (χ4v) is 3.44. The number of hydrogen-bond donors (Lipinski definition) is 1. The number of aromatic nitrogens is 1. The smallest absolute Gasteiger partial charge is 0.105 e. The summed E-state index contributed by atoms with van der Waals surface area (Å²) in [5.74, 6) is 0.171. The lowest BCUT2D eigenvalue weighted by Gasteiger charge is -2.15. The van der Waals surface area contributed by atoms with Gasteiger partial charge < -0.3 is 5.73 Å². The average molecular weight is 294 g/mol. The van der Waals surface area contributed by atoms with Crippen molar-refractivity contribution in [1.29, 1.82) is 0 Å². The fraction of sp³-hybridized carbons (Fsp3) is 0.167. The van der Waals surface area contributed by atoms with Crippen molar-refractivity contribution in [2.75, 3.05) is 0 Å². The normalized spacial score (nSPS) is 12.5. The number of hydrogen-bond acceptors (Lipinski definition) is 3. The van der Waals surface area contributed by atoms with Crippen molar-refractivity contribution in [3.8, 4) is 0 Å². The zero-order valence-corrected chi connectivity index (χ0v) is 12.8. The summed E-state index contributed by atoms with van der Waals surface area (Å²) in [7, 11) is 0. The molecular formula is C18H18N2S. The van der Waals surface area contributed by atoms with Crippen LogP contribution in [0.5, 0.6) is 0 Å². The van der Waals surface area contributed by atoms with Crippen LogP contribution in [0.3, 0.4) is 0 Å². The summed E-state index contributed by atoms with van der Waals surface area (Å²) < 4.78 is 0. The van der Waals surface area contributed by atoms with Gasteiger partial charge in [0.1, 0.15) is 5.01 Å². The molecule has 0 spiro atoms. The van der Waals surface area contributed by atoms with E-state index in [-0.39, 0.29) is 12.0 Å². The maximum absolute atomic E-state index is 5.97. The van der Waals surface area contributed by atoms with E-state index in [0.717, 1.165) is 9.88 Å². The van der Waals surface area contributed by atoms with Crippen LogP contribution in [0.1, 0.15) is 39.9 Å². The molecule has 0 saturated heterocycles. The lowest BCUT2D eigenvalue weighted by Crippen LogP contribution is -2.03. The predicted molar refractivity (Wildman–Crippen MR) is 88.5 cm³/mol. The number of benzene rings is 2. The molecule has 1 unspecified atom stereocenters. The Bertz CT molecular complexity index is 650. The van der Waals surface area contributed by atoms with E-state index in [1.807, 2.05) is 25.3 Å². The van der Waals surface area contributed by atoms with Gasteiger partial charge in [-0.15, -0.1) is 11.3 Å². The molecule has 0 bridgehead atoms. The maximum Gasteiger partial charge on any atom is 0.105 e. The molecule has 2 aromatic carbocycles. The second kappa shape index (κ2) is 6.20. The lowest BCUT2D eigenvalue weighted by atomic mass is 9.92. The number of nitrogens with two attached hydrogens (primary N) is 1. The molecule has 2 N–H and O–H groups in total. The van der Waals surface area contributed by atoms with E-state index in [0.29, 0.717) is 0 Å². The predicted octanol–water partition coefficient (Wildman–Crippen LogP) is 4.34. The van der Waals surface area contributed by atoms with Crippen LogP contribution >= 0.6 is 11.3 Å². The second-order valence-corrected chi connectivity index (χ2v) is 6.24. The highest BCUT2D eigenvalue weighted by Crippen LogP contribution is 2.35. The Labute approximate surface area is 129 Å². The maximum atomic E-state index is 5.97. The summed E-state index contributed by atoms with van der Waals surface area (Å²) >= 11 is 1.70. The minimum Gasteiger partial charge on any atom is -0.323 e. The summed E-state index contributed by atoms with van der Waals surface area (Å²) in [4.78, 5) is 5.76. The van der Waals surface area contributed by atoms with Crippen LogP contribution < -0.4 is 5.73 Å². The zero-order valence-electron chi connectivity index (χ0n) is 11.9. The molecule has 0 aliphatic rings. The topological polar surface area (TPSA) is 38.9 Å². The lowest BCUT2D eigenvalue weighted by molar-refractivity contribution is 0.834. The Morgan fingerprint density at radius 1 is 0.905 bits per heavy atom. The molecule has 106 valence electrons. The summed E-state index contributed by atoms with van der Waals surface area (Å²) in [6, 6.07) is 21.0. The van der Waals surface area contributed by atoms with Crippen LogP contribution in [0, 0.1) is 0 Å². The highest BCUT2D eigenvalue weighted by atomic mass is 32.1. The van der Waals surface area contributed by atoms with Gasteiger partial charge in [-0.05, 0) is 18.1 Å². The molecule has 3 aromatic rings. The first-order chi connectivity index (χ1) is 10.3. The summed E-state index contributed by atoms with van der Waals surface area (Å²) in [6.45, 7) is 2.00. The summed E-state index contributed by atoms with van der Waals surface area (Å²) in [6.07, 6.45) is 1.91. The summed E-state index contributed by atoms with van der Waals surface area (Å²) in [5.41, 5.74) is 8.49. The Morgan fingerprint density at radius 2 is 1.43 bits per heavy atom. The average Bonchev–Trinajstić information content (AvgIpc) is 3.00. The molecule has 3 rings (SSSR count). The molecule has 1 heterocycles. The molecule has 0 radical (unpaired) electrons. The van der Waals surface area contributed by atoms with Gasteiger partial charge in [0.2, 0.25) is 0 Å². The molecule has 0 amide bonds. The third-order valence-corrected chi connectivity index (χ3v) is 4.77. The van der Waals surface area contributed by atoms with E-state index in [1.165, 1.54) is 11.1 Å². The van der Waals surface area contributed by atoms with Gasteiger partial charge in [-0.3, -0.25) is 0 Å². The van der Waals surface area contributed by atoms with E-state index in [1.54, 1.807) is 11.3 Å². The van der Waals surface area contributed by atoms with Gasteiger partial charge >= 0.3 is 0 Å². The van der Waals surface area contributed by atoms with Crippen LogP contribution in [-0.4, -0.2) is 4.98 Å². The third-order valence-electron chi connectivity index (χ3n) is 3.50. The molecule has 0 aliphatic heterocycles. The van der Waals surface area contributed by atoms with Crippen molar-refractivity contribution in [3.05, 3.63) is 87.9 Å². The molecule has 2 nitrogen and oxygen atoms in total. The van der Waals surface area contributed by atoms with Crippen molar-refractivity contribution < 1.29 is 0 Å². The second-order valence-electron chi connectivity index (χ2n) is 5.14. The Balaban J connectivity index is 2.08. The Kier molecular flexibility index (Phi) is 4.13. The van der Waals surface area contributed by atoms with Crippen molar-refractivity contribution in [1.82, 2.24) is 4.98 Å². The molecule has 0 fully saturated rings. The van der Waals surface area contributed by atoms with E-state index < -0.39 is 0 Å².